The average Bonchev–Trinajstić information content (AvgIpc) is 3.08. The van der Waals surface area contributed by atoms with Gasteiger partial charge in [0.15, 0.2) is 0 Å². The van der Waals surface area contributed by atoms with E-state index in [4.69, 9.17) is 4.74 Å². The van der Waals surface area contributed by atoms with E-state index in [-0.39, 0.29) is 36.1 Å². The monoisotopic (exact) mass is 449 g/mol. The number of hydrogen-bond donors (Lipinski definition) is 0. The fraction of sp³-hybridized carbons (Fsp3) is 0.423. The molecule has 7 nitrogen and oxygen atoms in total. The van der Waals surface area contributed by atoms with Gasteiger partial charge in [0.25, 0.3) is 5.91 Å². The summed E-state index contributed by atoms with van der Waals surface area (Å²) >= 11 is 0. The Balaban J connectivity index is 1.35. The molecular formula is C26H31N3O4. The summed E-state index contributed by atoms with van der Waals surface area (Å²) in [6, 6.07) is 16.9. The normalized spacial score (nSPS) is 19.9. The van der Waals surface area contributed by atoms with Crippen molar-refractivity contribution in [2.24, 2.45) is 5.92 Å². The Labute approximate surface area is 194 Å². The van der Waals surface area contributed by atoms with Crippen LogP contribution in [0.3, 0.4) is 0 Å². The maximum atomic E-state index is 13.3. The van der Waals surface area contributed by atoms with Gasteiger partial charge >= 0.3 is 0 Å². The molecule has 7 heteroatoms. The molecule has 3 amide bonds. The molecule has 0 bridgehead atoms. The predicted molar refractivity (Wildman–Crippen MR) is 125 cm³/mol. The SMILES string of the molecule is COc1ccc(C(=O)N2CCCN(C(=O)C3CC(=O)N(C(C)c4ccccc4)C3)CC2)cc1. The Kier molecular flexibility index (Phi) is 6.96. The smallest absolute Gasteiger partial charge is 0.253 e. The van der Waals surface area contributed by atoms with E-state index >= 15 is 0 Å². The largest absolute Gasteiger partial charge is 0.497 e. The third-order valence-electron chi connectivity index (χ3n) is 6.69. The minimum Gasteiger partial charge on any atom is -0.497 e. The Morgan fingerprint density at radius 1 is 0.939 bits per heavy atom. The quantitative estimate of drug-likeness (QED) is 0.704. The van der Waals surface area contributed by atoms with Crippen molar-refractivity contribution in [2.75, 3.05) is 39.8 Å². The Morgan fingerprint density at radius 3 is 2.30 bits per heavy atom. The summed E-state index contributed by atoms with van der Waals surface area (Å²) in [6.45, 7) is 4.63. The van der Waals surface area contributed by atoms with E-state index in [1.54, 1.807) is 36.3 Å². The van der Waals surface area contributed by atoms with E-state index in [1.165, 1.54) is 0 Å². The lowest BCUT2D eigenvalue weighted by molar-refractivity contribution is -0.135. The lowest BCUT2D eigenvalue weighted by Crippen LogP contribution is -2.40. The zero-order valence-electron chi connectivity index (χ0n) is 19.3. The molecule has 0 spiro atoms. The van der Waals surface area contributed by atoms with Gasteiger partial charge in [-0.15, -0.1) is 0 Å². The molecule has 2 fully saturated rings. The van der Waals surface area contributed by atoms with Crippen LogP contribution in [0.5, 0.6) is 5.75 Å². The molecule has 2 atom stereocenters. The van der Waals surface area contributed by atoms with E-state index in [9.17, 15) is 14.4 Å². The first-order valence-corrected chi connectivity index (χ1v) is 11.5. The first-order valence-electron chi connectivity index (χ1n) is 11.5. The van der Waals surface area contributed by atoms with Crippen LogP contribution in [0.2, 0.25) is 0 Å². The van der Waals surface area contributed by atoms with Crippen molar-refractivity contribution in [1.29, 1.82) is 0 Å². The summed E-state index contributed by atoms with van der Waals surface area (Å²) in [7, 11) is 1.59. The van der Waals surface area contributed by atoms with Crippen LogP contribution in [0.25, 0.3) is 0 Å². The first kappa shape index (κ1) is 22.8. The van der Waals surface area contributed by atoms with Crippen molar-refractivity contribution in [1.82, 2.24) is 14.7 Å². The van der Waals surface area contributed by atoms with Gasteiger partial charge in [-0.2, -0.15) is 0 Å². The molecule has 0 saturated carbocycles. The van der Waals surface area contributed by atoms with Crippen molar-refractivity contribution in [3.05, 3.63) is 65.7 Å². The zero-order chi connectivity index (χ0) is 23.4. The molecule has 2 heterocycles. The fourth-order valence-electron chi connectivity index (χ4n) is 4.70. The Morgan fingerprint density at radius 2 is 1.61 bits per heavy atom. The molecule has 33 heavy (non-hydrogen) atoms. The Bertz CT molecular complexity index is 992. The fourth-order valence-corrected chi connectivity index (χ4v) is 4.70. The van der Waals surface area contributed by atoms with Gasteiger partial charge in [-0.1, -0.05) is 30.3 Å². The van der Waals surface area contributed by atoms with Gasteiger partial charge in [0.05, 0.1) is 19.1 Å². The van der Waals surface area contributed by atoms with Crippen molar-refractivity contribution in [2.45, 2.75) is 25.8 Å². The summed E-state index contributed by atoms with van der Waals surface area (Å²) in [5, 5.41) is 0. The number of carbonyl (C=O) groups excluding carboxylic acids is 3. The molecule has 2 aliphatic heterocycles. The standard InChI is InChI=1S/C26H31N3O4/c1-19(20-7-4-3-5-8-20)29-18-22(17-24(29)30)26(32)28-14-6-13-27(15-16-28)25(31)21-9-11-23(33-2)12-10-21/h3-5,7-12,19,22H,6,13-18H2,1-2H3. The lowest BCUT2D eigenvalue weighted by Gasteiger charge is -2.27. The second kappa shape index (κ2) is 10.1. The van der Waals surface area contributed by atoms with Crippen LogP contribution in [-0.2, 0) is 9.59 Å². The van der Waals surface area contributed by atoms with Gasteiger partial charge in [-0.3, -0.25) is 14.4 Å². The van der Waals surface area contributed by atoms with Gasteiger partial charge in [0.2, 0.25) is 11.8 Å². The van der Waals surface area contributed by atoms with Crippen LogP contribution in [-0.4, -0.2) is 72.3 Å². The summed E-state index contributed by atoms with van der Waals surface area (Å²) in [6.07, 6.45) is 0.972. The van der Waals surface area contributed by atoms with Crippen molar-refractivity contribution in [3.63, 3.8) is 0 Å². The molecule has 2 aromatic carbocycles. The highest BCUT2D eigenvalue weighted by Crippen LogP contribution is 2.29. The molecule has 0 N–H and O–H groups in total. The molecule has 2 saturated heterocycles. The second-order valence-electron chi connectivity index (χ2n) is 8.73. The van der Waals surface area contributed by atoms with Crippen molar-refractivity contribution in [3.8, 4) is 5.75 Å². The van der Waals surface area contributed by atoms with Gasteiger partial charge in [0, 0.05) is 44.7 Å². The summed E-state index contributed by atoms with van der Waals surface area (Å²) in [5.41, 5.74) is 1.68. The molecule has 2 aliphatic rings. The number of ether oxygens (including phenoxy) is 1. The van der Waals surface area contributed by atoms with Crippen LogP contribution in [0.4, 0.5) is 0 Å². The van der Waals surface area contributed by atoms with E-state index < -0.39 is 0 Å². The number of amides is 3. The molecular weight excluding hydrogens is 418 g/mol. The second-order valence-corrected chi connectivity index (χ2v) is 8.73. The van der Waals surface area contributed by atoms with E-state index in [2.05, 4.69) is 0 Å². The molecule has 4 rings (SSSR count). The number of hydrogen-bond acceptors (Lipinski definition) is 4. The molecule has 2 unspecified atom stereocenters. The van der Waals surface area contributed by atoms with Crippen molar-refractivity contribution >= 4 is 17.7 Å². The topological polar surface area (TPSA) is 70.2 Å². The molecule has 2 aromatic rings. The van der Waals surface area contributed by atoms with E-state index in [1.807, 2.05) is 47.1 Å². The average molecular weight is 450 g/mol. The van der Waals surface area contributed by atoms with Gasteiger partial charge < -0.3 is 19.4 Å². The van der Waals surface area contributed by atoms with E-state index in [0.29, 0.717) is 44.0 Å². The molecule has 0 aromatic heterocycles. The molecule has 0 aliphatic carbocycles. The van der Waals surface area contributed by atoms with Crippen LogP contribution in [0.15, 0.2) is 54.6 Å². The van der Waals surface area contributed by atoms with Crippen LogP contribution in [0.1, 0.15) is 41.7 Å². The highest BCUT2D eigenvalue weighted by molar-refractivity contribution is 5.94. The van der Waals surface area contributed by atoms with Crippen LogP contribution >= 0.6 is 0 Å². The maximum absolute atomic E-state index is 13.3. The maximum Gasteiger partial charge on any atom is 0.253 e. The van der Waals surface area contributed by atoms with Crippen LogP contribution < -0.4 is 4.74 Å². The third kappa shape index (κ3) is 5.02. The lowest BCUT2D eigenvalue weighted by atomic mass is 10.1. The highest BCUT2D eigenvalue weighted by atomic mass is 16.5. The van der Waals surface area contributed by atoms with Crippen molar-refractivity contribution < 1.29 is 19.1 Å². The predicted octanol–water partition coefficient (Wildman–Crippen LogP) is 2.98. The highest BCUT2D eigenvalue weighted by Gasteiger charge is 2.39. The number of likely N-dealkylation sites (tertiary alicyclic amines) is 1. The molecule has 174 valence electrons. The van der Waals surface area contributed by atoms with Gasteiger partial charge in [-0.25, -0.2) is 0 Å². The van der Waals surface area contributed by atoms with Gasteiger partial charge in [0.1, 0.15) is 5.75 Å². The summed E-state index contributed by atoms with van der Waals surface area (Å²) in [5.74, 6) is 0.389. The summed E-state index contributed by atoms with van der Waals surface area (Å²) in [4.78, 5) is 44.3. The van der Waals surface area contributed by atoms with Gasteiger partial charge in [-0.05, 0) is 43.2 Å². The number of nitrogens with zero attached hydrogens (tertiary/aromatic N) is 3. The number of rotatable bonds is 5. The van der Waals surface area contributed by atoms with E-state index in [0.717, 1.165) is 12.0 Å². The number of carbonyl (C=O) groups is 3. The number of benzene rings is 2. The third-order valence-corrected chi connectivity index (χ3v) is 6.69. The number of methoxy groups -OCH3 is 1. The van der Waals surface area contributed by atoms with Crippen LogP contribution in [0, 0.1) is 5.92 Å². The Hall–Kier alpha value is -3.35. The first-order chi connectivity index (χ1) is 16.0. The summed E-state index contributed by atoms with van der Waals surface area (Å²) < 4.78 is 5.16. The zero-order valence-corrected chi connectivity index (χ0v) is 19.3. The molecule has 0 radical (unpaired) electrons. The minimum atomic E-state index is -0.326. The minimum absolute atomic E-state index is 0.0184.